The molecule has 2 rings (SSSR count). The lowest BCUT2D eigenvalue weighted by Crippen LogP contribution is -1.76. The standard InChI is InChI=1S/C8H4ClN2O/c9-7-3-1-6(2-4-7)8-11-10-5-12-8/h1-4H. The van der Waals surface area contributed by atoms with Gasteiger partial charge in [0.15, 0.2) is 0 Å². The van der Waals surface area contributed by atoms with Gasteiger partial charge < -0.3 is 4.42 Å². The molecule has 0 amide bonds. The Labute approximate surface area is 74.0 Å². The lowest BCUT2D eigenvalue weighted by Gasteiger charge is -1.92. The summed E-state index contributed by atoms with van der Waals surface area (Å²) in [5.74, 6) is 0.451. The summed E-state index contributed by atoms with van der Waals surface area (Å²) in [6, 6.07) is 7.15. The lowest BCUT2D eigenvalue weighted by molar-refractivity contribution is 0.559. The molecule has 0 unspecified atom stereocenters. The Balaban J connectivity index is 2.43. The Kier molecular flexibility index (Phi) is 1.80. The van der Waals surface area contributed by atoms with E-state index in [2.05, 4.69) is 16.6 Å². The van der Waals surface area contributed by atoms with E-state index >= 15 is 0 Å². The Morgan fingerprint density at radius 3 is 2.58 bits per heavy atom. The topological polar surface area (TPSA) is 38.9 Å². The molecule has 0 aliphatic heterocycles. The number of rotatable bonds is 1. The summed E-state index contributed by atoms with van der Waals surface area (Å²) in [5, 5.41) is 7.83. The first-order chi connectivity index (χ1) is 5.86. The maximum Gasteiger partial charge on any atom is 0.306 e. The van der Waals surface area contributed by atoms with Gasteiger partial charge in [0.25, 0.3) is 0 Å². The predicted octanol–water partition coefficient (Wildman–Crippen LogP) is 2.19. The van der Waals surface area contributed by atoms with Crippen molar-refractivity contribution < 1.29 is 4.42 Å². The van der Waals surface area contributed by atoms with Crippen molar-refractivity contribution >= 4 is 11.6 Å². The van der Waals surface area contributed by atoms with E-state index in [0.717, 1.165) is 5.56 Å². The molecule has 0 aliphatic rings. The van der Waals surface area contributed by atoms with Gasteiger partial charge in [0, 0.05) is 10.6 Å². The van der Waals surface area contributed by atoms with Crippen molar-refractivity contribution in [3.05, 3.63) is 35.7 Å². The van der Waals surface area contributed by atoms with Gasteiger partial charge in [-0.1, -0.05) is 11.6 Å². The van der Waals surface area contributed by atoms with E-state index in [1.165, 1.54) is 0 Å². The number of hydrogen-bond donors (Lipinski definition) is 0. The summed E-state index contributed by atoms with van der Waals surface area (Å²) in [5.41, 5.74) is 0.841. The maximum atomic E-state index is 5.70. The zero-order valence-electron chi connectivity index (χ0n) is 5.99. The average molecular weight is 180 g/mol. The van der Waals surface area contributed by atoms with Crippen LogP contribution in [0.1, 0.15) is 0 Å². The molecule has 4 heteroatoms. The number of hydrogen-bond acceptors (Lipinski definition) is 3. The van der Waals surface area contributed by atoms with Crippen molar-refractivity contribution in [1.29, 1.82) is 0 Å². The summed E-state index contributed by atoms with van der Waals surface area (Å²) in [6.45, 7) is 0. The second-order valence-electron chi connectivity index (χ2n) is 2.21. The molecule has 2 aromatic rings. The number of aromatic nitrogens is 2. The highest BCUT2D eigenvalue weighted by atomic mass is 35.5. The van der Waals surface area contributed by atoms with Crippen LogP contribution < -0.4 is 0 Å². The van der Waals surface area contributed by atoms with Crippen molar-refractivity contribution in [2.24, 2.45) is 0 Å². The average Bonchev–Trinajstić information content (AvgIpc) is 2.58. The molecule has 12 heavy (non-hydrogen) atoms. The second-order valence-corrected chi connectivity index (χ2v) is 2.64. The van der Waals surface area contributed by atoms with Crippen LogP contribution in [0.2, 0.25) is 5.02 Å². The van der Waals surface area contributed by atoms with E-state index in [1.54, 1.807) is 12.1 Å². The van der Waals surface area contributed by atoms with Crippen LogP contribution in [0.25, 0.3) is 11.5 Å². The Morgan fingerprint density at radius 2 is 2.00 bits per heavy atom. The molecule has 1 radical (unpaired) electrons. The van der Waals surface area contributed by atoms with Crippen molar-refractivity contribution in [3.8, 4) is 11.5 Å². The Morgan fingerprint density at radius 1 is 1.25 bits per heavy atom. The Bertz CT molecular complexity index is 355. The van der Waals surface area contributed by atoms with Gasteiger partial charge in [-0.05, 0) is 24.3 Å². The highest BCUT2D eigenvalue weighted by Crippen LogP contribution is 2.18. The fraction of sp³-hybridized carbons (Fsp3) is 0. The minimum Gasteiger partial charge on any atom is -0.412 e. The van der Waals surface area contributed by atoms with Gasteiger partial charge in [0.05, 0.1) is 0 Å². The third kappa shape index (κ3) is 1.31. The molecule has 0 aliphatic carbocycles. The van der Waals surface area contributed by atoms with E-state index in [-0.39, 0.29) is 0 Å². The monoisotopic (exact) mass is 179 g/mol. The third-order valence-corrected chi connectivity index (χ3v) is 1.67. The molecule has 0 bridgehead atoms. The Hall–Kier alpha value is -1.35. The summed E-state index contributed by atoms with van der Waals surface area (Å²) in [6.07, 6.45) is 2.27. The van der Waals surface area contributed by atoms with Crippen molar-refractivity contribution in [2.75, 3.05) is 0 Å². The molecular weight excluding hydrogens is 176 g/mol. The molecule has 0 spiro atoms. The van der Waals surface area contributed by atoms with Crippen LogP contribution in [0.15, 0.2) is 28.7 Å². The van der Waals surface area contributed by atoms with Crippen LogP contribution in [0.4, 0.5) is 0 Å². The molecule has 0 atom stereocenters. The first-order valence-corrected chi connectivity index (χ1v) is 3.69. The fourth-order valence-corrected chi connectivity index (χ4v) is 0.985. The van der Waals surface area contributed by atoms with Gasteiger partial charge in [0.2, 0.25) is 5.89 Å². The number of benzene rings is 1. The smallest absolute Gasteiger partial charge is 0.306 e. The van der Waals surface area contributed by atoms with Crippen LogP contribution in [-0.4, -0.2) is 10.2 Å². The zero-order chi connectivity index (χ0) is 8.39. The summed E-state index contributed by atoms with van der Waals surface area (Å²) in [4.78, 5) is 0. The van der Waals surface area contributed by atoms with Gasteiger partial charge in [0.1, 0.15) is 0 Å². The quantitative estimate of drug-likeness (QED) is 0.674. The summed E-state index contributed by atoms with van der Waals surface area (Å²) in [7, 11) is 0. The van der Waals surface area contributed by atoms with E-state index in [4.69, 9.17) is 16.0 Å². The first kappa shape index (κ1) is 7.31. The van der Waals surface area contributed by atoms with Gasteiger partial charge in [-0.25, -0.2) is 0 Å². The fourth-order valence-electron chi connectivity index (χ4n) is 0.859. The second kappa shape index (κ2) is 2.95. The molecule has 0 saturated carbocycles. The van der Waals surface area contributed by atoms with E-state index in [0.29, 0.717) is 10.9 Å². The SMILES string of the molecule is Clc1ccc(-c2nn[c]o2)cc1. The minimum absolute atomic E-state index is 0.451. The summed E-state index contributed by atoms with van der Waals surface area (Å²) >= 11 is 5.70. The molecule has 0 saturated heterocycles. The van der Waals surface area contributed by atoms with Crippen LogP contribution in [-0.2, 0) is 0 Å². The van der Waals surface area contributed by atoms with Gasteiger partial charge in [-0.15, -0.1) is 10.2 Å². The third-order valence-electron chi connectivity index (χ3n) is 1.42. The molecule has 59 valence electrons. The molecule has 3 nitrogen and oxygen atoms in total. The first-order valence-electron chi connectivity index (χ1n) is 3.32. The van der Waals surface area contributed by atoms with Gasteiger partial charge in [-0.3, -0.25) is 0 Å². The normalized spacial score (nSPS) is 10.1. The van der Waals surface area contributed by atoms with Crippen LogP contribution >= 0.6 is 11.6 Å². The zero-order valence-corrected chi connectivity index (χ0v) is 6.75. The van der Waals surface area contributed by atoms with Crippen LogP contribution in [0.3, 0.4) is 0 Å². The lowest BCUT2D eigenvalue weighted by atomic mass is 10.2. The van der Waals surface area contributed by atoms with Gasteiger partial charge >= 0.3 is 6.39 Å². The molecule has 1 aromatic carbocycles. The van der Waals surface area contributed by atoms with Gasteiger partial charge in [-0.2, -0.15) is 0 Å². The molecule has 1 heterocycles. The van der Waals surface area contributed by atoms with E-state index in [1.807, 2.05) is 12.1 Å². The molecule has 0 fully saturated rings. The van der Waals surface area contributed by atoms with Crippen LogP contribution in [0, 0.1) is 6.39 Å². The largest absolute Gasteiger partial charge is 0.412 e. The van der Waals surface area contributed by atoms with E-state index in [9.17, 15) is 0 Å². The predicted molar refractivity (Wildman–Crippen MR) is 43.6 cm³/mol. The molecular formula is C8H4ClN2O. The molecule has 0 N–H and O–H groups in total. The highest BCUT2D eigenvalue weighted by molar-refractivity contribution is 6.30. The van der Waals surface area contributed by atoms with Crippen molar-refractivity contribution in [2.45, 2.75) is 0 Å². The van der Waals surface area contributed by atoms with Crippen molar-refractivity contribution in [1.82, 2.24) is 10.2 Å². The highest BCUT2D eigenvalue weighted by Gasteiger charge is 2.01. The van der Waals surface area contributed by atoms with E-state index < -0.39 is 0 Å². The van der Waals surface area contributed by atoms with Crippen molar-refractivity contribution in [3.63, 3.8) is 0 Å². The number of halogens is 1. The molecule has 1 aromatic heterocycles. The minimum atomic E-state index is 0.451. The number of nitrogens with zero attached hydrogens (tertiary/aromatic N) is 2. The van der Waals surface area contributed by atoms with Crippen LogP contribution in [0.5, 0.6) is 0 Å². The maximum absolute atomic E-state index is 5.70. The summed E-state index contributed by atoms with van der Waals surface area (Å²) < 4.78 is 4.87.